The van der Waals surface area contributed by atoms with Crippen LogP contribution in [0.2, 0.25) is 0 Å². The minimum absolute atomic E-state index is 0.0212. The van der Waals surface area contributed by atoms with Crippen molar-refractivity contribution < 1.29 is 9.53 Å². The molecule has 1 N–H and O–H groups in total. The van der Waals surface area contributed by atoms with Crippen LogP contribution in [0.4, 0.5) is 0 Å². The molecule has 1 saturated heterocycles. The zero-order chi connectivity index (χ0) is 13.4. The van der Waals surface area contributed by atoms with Crippen LogP contribution in [-0.2, 0) is 9.53 Å². The molecule has 18 heavy (non-hydrogen) atoms. The number of rotatable bonds is 6. The smallest absolute Gasteiger partial charge is 0.239 e. The van der Waals surface area contributed by atoms with E-state index in [1.165, 1.54) is 0 Å². The maximum Gasteiger partial charge on any atom is 0.239 e. The Kier molecular flexibility index (Phi) is 6.69. The van der Waals surface area contributed by atoms with Gasteiger partial charge in [0.25, 0.3) is 0 Å². The standard InChI is InChI=1S/C13H23N3O2/c1-3-7-15-13(17)12-10-18-9-8-16(12)11(4-2)5-6-14/h11-12H,3-5,7-10H2,1-2H3,(H,15,17). The van der Waals surface area contributed by atoms with Gasteiger partial charge < -0.3 is 10.1 Å². The van der Waals surface area contributed by atoms with Crippen LogP contribution in [-0.4, -0.2) is 49.2 Å². The van der Waals surface area contributed by atoms with Crippen molar-refractivity contribution in [3.8, 4) is 6.07 Å². The molecular weight excluding hydrogens is 230 g/mol. The number of hydrogen-bond donors (Lipinski definition) is 1. The summed E-state index contributed by atoms with van der Waals surface area (Å²) in [5.74, 6) is 0.0212. The molecule has 1 rings (SSSR count). The highest BCUT2D eigenvalue weighted by atomic mass is 16.5. The first-order valence-electron chi connectivity index (χ1n) is 6.72. The topological polar surface area (TPSA) is 65.4 Å². The van der Waals surface area contributed by atoms with Gasteiger partial charge in [-0.2, -0.15) is 5.26 Å². The molecule has 0 aromatic rings. The van der Waals surface area contributed by atoms with Crippen molar-refractivity contribution in [1.29, 1.82) is 5.26 Å². The van der Waals surface area contributed by atoms with Crippen molar-refractivity contribution in [2.75, 3.05) is 26.3 Å². The van der Waals surface area contributed by atoms with E-state index >= 15 is 0 Å². The van der Waals surface area contributed by atoms with E-state index in [9.17, 15) is 4.79 Å². The number of carbonyl (C=O) groups is 1. The Bertz CT molecular complexity index is 301. The molecule has 0 radical (unpaired) electrons. The summed E-state index contributed by atoms with van der Waals surface area (Å²) in [6, 6.07) is 2.11. The van der Waals surface area contributed by atoms with Crippen molar-refractivity contribution in [2.45, 2.75) is 45.2 Å². The van der Waals surface area contributed by atoms with Gasteiger partial charge in [0.05, 0.1) is 25.7 Å². The molecular formula is C13H23N3O2. The number of carbonyl (C=O) groups excluding carboxylic acids is 1. The average molecular weight is 253 g/mol. The lowest BCUT2D eigenvalue weighted by molar-refractivity contribution is -0.134. The Morgan fingerprint density at radius 2 is 2.39 bits per heavy atom. The summed E-state index contributed by atoms with van der Waals surface area (Å²) in [5.41, 5.74) is 0. The number of hydrogen-bond acceptors (Lipinski definition) is 4. The summed E-state index contributed by atoms with van der Waals surface area (Å²) in [4.78, 5) is 14.2. The molecule has 1 aliphatic heterocycles. The van der Waals surface area contributed by atoms with Crippen LogP contribution in [0, 0.1) is 11.3 Å². The number of nitriles is 1. The van der Waals surface area contributed by atoms with Gasteiger partial charge in [0.15, 0.2) is 0 Å². The Labute approximate surface area is 109 Å². The Hall–Kier alpha value is -1.12. The zero-order valence-corrected chi connectivity index (χ0v) is 11.3. The predicted molar refractivity (Wildman–Crippen MR) is 68.9 cm³/mol. The third-order valence-electron chi connectivity index (χ3n) is 3.29. The Balaban J connectivity index is 2.66. The molecule has 2 unspecified atom stereocenters. The molecule has 0 bridgehead atoms. The third-order valence-corrected chi connectivity index (χ3v) is 3.29. The molecule has 1 aliphatic rings. The number of nitrogens with zero attached hydrogens (tertiary/aromatic N) is 2. The lowest BCUT2D eigenvalue weighted by atomic mass is 10.1. The molecule has 1 fully saturated rings. The highest BCUT2D eigenvalue weighted by molar-refractivity contribution is 5.82. The van der Waals surface area contributed by atoms with Gasteiger partial charge in [-0.1, -0.05) is 13.8 Å². The summed E-state index contributed by atoms with van der Waals surface area (Å²) in [6.45, 7) is 6.57. The van der Waals surface area contributed by atoms with Gasteiger partial charge in [-0.15, -0.1) is 0 Å². The van der Waals surface area contributed by atoms with Gasteiger partial charge in [-0.3, -0.25) is 9.69 Å². The van der Waals surface area contributed by atoms with E-state index in [4.69, 9.17) is 10.00 Å². The highest BCUT2D eigenvalue weighted by Crippen LogP contribution is 2.16. The van der Waals surface area contributed by atoms with Gasteiger partial charge in [0.1, 0.15) is 6.04 Å². The largest absolute Gasteiger partial charge is 0.378 e. The third kappa shape index (κ3) is 3.97. The molecule has 0 saturated carbocycles. The monoisotopic (exact) mass is 253 g/mol. The van der Waals surface area contributed by atoms with Crippen LogP contribution in [0.3, 0.4) is 0 Å². The molecule has 0 aromatic heterocycles. The van der Waals surface area contributed by atoms with Crippen LogP contribution < -0.4 is 5.32 Å². The SMILES string of the molecule is CCCNC(=O)C1COCCN1C(CC)CC#N. The summed E-state index contributed by atoms with van der Waals surface area (Å²) < 4.78 is 5.40. The predicted octanol–water partition coefficient (Wildman–Crippen LogP) is 0.906. The second-order valence-corrected chi connectivity index (χ2v) is 4.54. The maximum absolute atomic E-state index is 12.1. The first-order chi connectivity index (χ1) is 8.74. The first kappa shape index (κ1) is 14.9. The minimum atomic E-state index is -0.247. The highest BCUT2D eigenvalue weighted by Gasteiger charge is 2.33. The molecule has 0 aliphatic carbocycles. The maximum atomic E-state index is 12.1. The molecule has 0 aromatic carbocycles. The van der Waals surface area contributed by atoms with Crippen LogP contribution in [0.5, 0.6) is 0 Å². The molecule has 5 heteroatoms. The number of nitrogens with one attached hydrogen (secondary N) is 1. The Morgan fingerprint density at radius 3 is 3.00 bits per heavy atom. The zero-order valence-electron chi connectivity index (χ0n) is 11.3. The van der Waals surface area contributed by atoms with Gasteiger partial charge >= 0.3 is 0 Å². The van der Waals surface area contributed by atoms with Crippen molar-refractivity contribution in [3.05, 3.63) is 0 Å². The van der Waals surface area contributed by atoms with Gasteiger partial charge in [-0.05, 0) is 12.8 Å². The van der Waals surface area contributed by atoms with Gasteiger partial charge in [0, 0.05) is 19.1 Å². The molecule has 2 atom stereocenters. The molecule has 0 spiro atoms. The van der Waals surface area contributed by atoms with E-state index in [2.05, 4.69) is 23.2 Å². The minimum Gasteiger partial charge on any atom is -0.378 e. The number of morpholine rings is 1. The van der Waals surface area contributed by atoms with E-state index < -0.39 is 0 Å². The number of ether oxygens (including phenoxy) is 1. The van der Waals surface area contributed by atoms with E-state index in [1.54, 1.807) is 0 Å². The van der Waals surface area contributed by atoms with Crippen LogP contribution in [0.1, 0.15) is 33.1 Å². The molecule has 5 nitrogen and oxygen atoms in total. The lowest BCUT2D eigenvalue weighted by Gasteiger charge is -2.39. The molecule has 1 heterocycles. The second-order valence-electron chi connectivity index (χ2n) is 4.54. The van der Waals surface area contributed by atoms with Crippen LogP contribution in [0.25, 0.3) is 0 Å². The summed E-state index contributed by atoms with van der Waals surface area (Å²) >= 11 is 0. The van der Waals surface area contributed by atoms with Crippen molar-refractivity contribution >= 4 is 5.91 Å². The second kappa shape index (κ2) is 8.06. The summed E-state index contributed by atoms with van der Waals surface area (Å²) in [7, 11) is 0. The van der Waals surface area contributed by atoms with Crippen molar-refractivity contribution in [3.63, 3.8) is 0 Å². The van der Waals surface area contributed by atoms with Crippen LogP contribution in [0.15, 0.2) is 0 Å². The number of amides is 1. The fourth-order valence-corrected chi connectivity index (χ4v) is 2.25. The molecule has 1 amide bonds. The first-order valence-corrected chi connectivity index (χ1v) is 6.72. The van der Waals surface area contributed by atoms with Crippen LogP contribution >= 0.6 is 0 Å². The van der Waals surface area contributed by atoms with E-state index in [0.29, 0.717) is 26.2 Å². The van der Waals surface area contributed by atoms with E-state index in [0.717, 1.165) is 19.4 Å². The van der Waals surface area contributed by atoms with Gasteiger partial charge in [-0.25, -0.2) is 0 Å². The Morgan fingerprint density at radius 1 is 1.61 bits per heavy atom. The molecule has 102 valence electrons. The van der Waals surface area contributed by atoms with E-state index in [1.807, 2.05) is 6.92 Å². The summed E-state index contributed by atoms with van der Waals surface area (Å²) in [6.07, 6.45) is 2.27. The summed E-state index contributed by atoms with van der Waals surface area (Å²) in [5, 5.41) is 11.8. The van der Waals surface area contributed by atoms with Crippen molar-refractivity contribution in [2.24, 2.45) is 0 Å². The van der Waals surface area contributed by atoms with Crippen molar-refractivity contribution in [1.82, 2.24) is 10.2 Å². The van der Waals surface area contributed by atoms with E-state index in [-0.39, 0.29) is 18.0 Å². The fraction of sp³-hybridized carbons (Fsp3) is 0.846. The van der Waals surface area contributed by atoms with Gasteiger partial charge in [0.2, 0.25) is 5.91 Å². The fourth-order valence-electron chi connectivity index (χ4n) is 2.25. The average Bonchev–Trinajstić information content (AvgIpc) is 2.42. The normalized spacial score (nSPS) is 22.2. The quantitative estimate of drug-likeness (QED) is 0.764. The lowest BCUT2D eigenvalue weighted by Crippen LogP contribution is -2.57.